The summed E-state index contributed by atoms with van der Waals surface area (Å²) in [5.41, 5.74) is -2.66. The smallest absolute Gasteiger partial charge is 0.311 e. The predicted molar refractivity (Wildman–Crippen MR) is 66.6 cm³/mol. The van der Waals surface area contributed by atoms with E-state index in [1.165, 1.54) is 28.2 Å². The topological polar surface area (TPSA) is 12.0 Å². The average Bonchev–Trinajstić information content (AvgIpc) is 2.75. The Hall–Kier alpha value is -0.200. The Morgan fingerprint density at radius 1 is 1.35 bits per heavy atom. The summed E-state index contributed by atoms with van der Waals surface area (Å²) in [7, 11) is 0. The maximum absolute atomic E-state index is 11.9. The maximum Gasteiger partial charge on any atom is 0.441 e. The van der Waals surface area contributed by atoms with Crippen LogP contribution in [0.1, 0.15) is 21.7 Å². The summed E-state index contributed by atoms with van der Waals surface area (Å²) in [6.07, 6.45) is 3.58. The molecule has 2 rings (SSSR count). The fourth-order valence-electron chi connectivity index (χ4n) is 1.93. The summed E-state index contributed by atoms with van der Waals surface area (Å²) < 4.78 is 35.6. The van der Waals surface area contributed by atoms with Crippen molar-refractivity contribution in [1.29, 1.82) is 0 Å². The first-order valence-electron chi connectivity index (χ1n) is 5.56. The van der Waals surface area contributed by atoms with Crippen LogP contribution in [0.2, 0.25) is 0 Å². The Labute approximate surface area is 107 Å². The fourth-order valence-corrected chi connectivity index (χ4v) is 3.64. The molecule has 0 unspecified atom stereocenters. The molecule has 1 heterocycles. The minimum absolute atomic E-state index is 0.0336. The second-order valence-corrected chi connectivity index (χ2v) is 6.37. The molecular weight excluding hydrogens is 267 g/mol. The molecule has 0 fully saturated rings. The molecule has 0 saturated carbocycles. The molecule has 0 aliphatic heterocycles. The number of hydrogen-bond donors (Lipinski definition) is 1. The number of fused-ring (bicyclic) bond motifs is 1. The van der Waals surface area contributed by atoms with Crippen LogP contribution in [0.4, 0.5) is 13.2 Å². The van der Waals surface area contributed by atoms with Gasteiger partial charge in [0, 0.05) is 28.6 Å². The van der Waals surface area contributed by atoms with Crippen molar-refractivity contribution in [2.75, 3.05) is 12.3 Å². The lowest BCUT2D eigenvalue weighted by atomic mass is 10.2. The Morgan fingerprint density at radius 2 is 2.18 bits per heavy atom. The molecule has 1 aliphatic rings. The van der Waals surface area contributed by atoms with E-state index in [1.807, 2.05) is 0 Å². The van der Waals surface area contributed by atoms with E-state index in [2.05, 4.69) is 11.4 Å². The number of aryl methyl sites for hydroxylation is 2. The fraction of sp³-hybridized carbons (Fsp3) is 0.636. The summed E-state index contributed by atoms with van der Waals surface area (Å²) in [4.78, 5) is 2.71. The van der Waals surface area contributed by atoms with Crippen LogP contribution >= 0.6 is 23.1 Å². The minimum atomic E-state index is -4.11. The third-order valence-electron chi connectivity index (χ3n) is 2.64. The summed E-state index contributed by atoms with van der Waals surface area (Å²) >= 11 is 1.83. The zero-order chi connectivity index (χ0) is 12.3. The average molecular weight is 281 g/mol. The van der Waals surface area contributed by atoms with Crippen LogP contribution in [0.15, 0.2) is 6.07 Å². The highest BCUT2D eigenvalue weighted by Gasteiger charge is 2.27. The molecule has 0 atom stereocenters. The molecule has 0 saturated heterocycles. The van der Waals surface area contributed by atoms with Gasteiger partial charge < -0.3 is 5.32 Å². The van der Waals surface area contributed by atoms with Gasteiger partial charge >= 0.3 is 5.51 Å². The monoisotopic (exact) mass is 281 g/mol. The third-order valence-corrected chi connectivity index (χ3v) is 4.61. The van der Waals surface area contributed by atoms with E-state index in [0.717, 1.165) is 6.42 Å². The van der Waals surface area contributed by atoms with Crippen molar-refractivity contribution in [1.82, 2.24) is 5.32 Å². The van der Waals surface area contributed by atoms with Crippen molar-refractivity contribution in [2.45, 2.75) is 31.3 Å². The van der Waals surface area contributed by atoms with Gasteiger partial charge in [0.25, 0.3) is 0 Å². The molecule has 1 N–H and O–H groups in total. The van der Waals surface area contributed by atoms with Crippen molar-refractivity contribution < 1.29 is 13.2 Å². The van der Waals surface area contributed by atoms with Crippen LogP contribution in [-0.4, -0.2) is 17.8 Å². The number of nitrogens with one attached hydrogen (secondary N) is 1. The van der Waals surface area contributed by atoms with E-state index in [9.17, 15) is 13.2 Å². The normalized spacial score (nSPS) is 15.2. The van der Waals surface area contributed by atoms with Gasteiger partial charge in [0.2, 0.25) is 0 Å². The predicted octanol–water partition coefficient (Wildman–Crippen LogP) is 3.58. The van der Waals surface area contributed by atoms with Gasteiger partial charge in [-0.3, -0.25) is 0 Å². The van der Waals surface area contributed by atoms with Crippen LogP contribution in [0.3, 0.4) is 0 Å². The van der Waals surface area contributed by atoms with Crippen molar-refractivity contribution in [2.24, 2.45) is 0 Å². The standard InChI is InChI=1S/C11H14F3NS2/c12-11(13,14)16-5-4-15-7-9-6-8-2-1-3-10(8)17-9/h6,15H,1-5,7H2. The van der Waals surface area contributed by atoms with E-state index in [4.69, 9.17) is 0 Å². The molecule has 0 bridgehead atoms. The third kappa shape index (κ3) is 4.19. The Kier molecular flexibility index (Phi) is 4.38. The van der Waals surface area contributed by atoms with Crippen LogP contribution < -0.4 is 5.32 Å². The van der Waals surface area contributed by atoms with Crippen molar-refractivity contribution in [3.8, 4) is 0 Å². The molecule has 0 radical (unpaired) electrons. The summed E-state index contributed by atoms with van der Waals surface area (Å²) in [5, 5.41) is 3.05. The second-order valence-electron chi connectivity index (χ2n) is 3.99. The number of halogens is 3. The van der Waals surface area contributed by atoms with Crippen LogP contribution in [-0.2, 0) is 19.4 Å². The lowest BCUT2D eigenvalue weighted by molar-refractivity contribution is -0.0327. The maximum atomic E-state index is 11.9. The van der Waals surface area contributed by atoms with Crippen LogP contribution in [0.5, 0.6) is 0 Å². The first-order valence-corrected chi connectivity index (χ1v) is 7.37. The molecule has 0 spiro atoms. The number of alkyl halides is 3. The number of hydrogen-bond acceptors (Lipinski definition) is 3. The molecule has 0 amide bonds. The molecule has 0 aromatic carbocycles. The quantitative estimate of drug-likeness (QED) is 0.828. The van der Waals surface area contributed by atoms with Crippen molar-refractivity contribution in [3.05, 3.63) is 21.4 Å². The Balaban J connectivity index is 1.65. The molecule has 17 heavy (non-hydrogen) atoms. The summed E-state index contributed by atoms with van der Waals surface area (Å²) in [5.74, 6) is 0.0780. The van der Waals surface area contributed by atoms with Gasteiger partial charge in [-0.15, -0.1) is 11.3 Å². The number of rotatable bonds is 5. The van der Waals surface area contributed by atoms with E-state index < -0.39 is 5.51 Å². The molecule has 96 valence electrons. The van der Waals surface area contributed by atoms with Gasteiger partial charge in [-0.2, -0.15) is 13.2 Å². The second kappa shape index (κ2) is 5.63. The largest absolute Gasteiger partial charge is 0.441 e. The molecule has 6 heteroatoms. The molecular formula is C11H14F3NS2. The molecule has 1 aliphatic carbocycles. The van der Waals surface area contributed by atoms with Gasteiger partial charge in [0.05, 0.1) is 0 Å². The van der Waals surface area contributed by atoms with Gasteiger partial charge in [-0.1, -0.05) is 0 Å². The van der Waals surface area contributed by atoms with Crippen molar-refractivity contribution >= 4 is 23.1 Å². The first kappa shape index (κ1) is 13.2. The molecule has 1 nitrogen and oxygen atoms in total. The van der Waals surface area contributed by atoms with Gasteiger partial charge in [-0.25, -0.2) is 0 Å². The highest BCUT2D eigenvalue weighted by Crippen LogP contribution is 2.31. The van der Waals surface area contributed by atoms with E-state index >= 15 is 0 Å². The highest BCUT2D eigenvalue weighted by molar-refractivity contribution is 8.00. The van der Waals surface area contributed by atoms with E-state index in [-0.39, 0.29) is 17.5 Å². The van der Waals surface area contributed by atoms with Crippen LogP contribution in [0, 0.1) is 0 Å². The number of thiophene rings is 1. The summed E-state index contributed by atoms with van der Waals surface area (Å²) in [6, 6.07) is 2.19. The minimum Gasteiger partial charge on any atom is -0.311 e. The Bertz CT molecular complexity index is 352. The highest BCUT2D eigenvalue weighted by atomic mass is 32.2. The van der Waals surface area contributed by atoms with Gasteiger partial charge in [0.15, 0.2) is 0 Å². The molecule has 1 aromatic heterocycles. The van der Waals surface area contributed by atoms with Crippen LogP contribution in [0.25, 0.3) is 0 Å². The lowest BCUT2D eigenvalue weighted by Crippen LogP contribution is -2.17. The number of thioether (sulfide) groups is 1. The summed E-state index contributed by atoms with van der Waals surface area (Å²) in [6.45, 7) is 1.09. The zero-order valence-electron chi connectivity index (χ0n) is 9.27. The SMILES string of the molecule is FC(F)(F)SCCNCc1cc2c(s1)CCC2. The Morgan fingerprint density at radius 3 is 2.88 bits per heavy atom. The lowest BCUT2D eigenvalue weighted by Gasteiger charge is -2.05. The molecule has 1 aromatic rings. The van der Waals surface area contributed by atoms with E-state index in [0.29, 0.717) is 13.1 Å². The zero-order valence-corrected chi connectivity index (χ0v) is 10.9. The van der Waals surface area contributed by atoms with Crippen molar-refractivity contribution in [3.63, 3.8) is 0 Å². The van der Waals surface area contributed by atoms with E-state index in [1.54, 1.807) is 11.3 Å². The van der Waals surface area contributed by atoms with Gasteiger partial charge in [0.1, 0.15) is 0 Å². The first-order chi connectivity index (χ1) is 8.04. The van der Waals surface area contributed by atoms with Gasteiger partial charge in [-0.05, 0) is 42.7 Å².